The Kier molecular flexibility index (Phi) is 5.23. The number of nitrogens with zero attached hydrogens (tertiary/aromatic N) is 1. The van der Waals surface area contributed by atoms with E-state index in [1.165, 1.54) is 0 Å². The number of ether oxygens (including phenoxy) is 1. The number of esters is 1. The largest absolute Gasteiger partial charge is 0.481 e. The van der Waals surface area contributed by atoms with Gasteiger partial charge in [0.25, 0.3) is 5.88 Å². The van der Waals surface area contributed by atoms with Gasteiger partial charge in [0.05, 0.1) is 10.7 Å². The summed E-state index contributed by atoms with van der Waals surface area (Å²) >= 11 is 5.97. The number of halogens is 2. The van der Waals surface area contributed by atoms with Gasteiger partial charge in [-0.15, -0.1) is 0 Å². The number of rotatable bonds is 5. The standard InChI is InChI=1S/C12H13ClFNO4/c1-3-6-10(13)7(4-2)15-12(11(6)14)19-9(18)5-8(16)17/h3-5H2,1-2H3,(H,16,17). The molecule has 0 aromatic carbocycles. The number of pyridine rings is 1. The molecule has 0 amide bonds. The average molecular weight is 290 g/mol. The number of aromatic nitrogens is 1. The van der Waals surface area contributed by atoms with Crippen LogP contribution < -0.4 is 4.74 Å². The Morgan fingerprint density at radius 2 is 2.00 bits per heavy atom. The number of carboxylic acids is 1. The lowest BCUT2D eigenvalue weighted by molar-refractivity contribution is -0.146. The van der Waals surface area contributed by atoms with Crippen molar-refractivity contribution in [2.45, 2.75) is 33.1 Å². The van der Waals surface area contributed by atoms with Crippen molar-refractivity contribution in [1.82, 2.24) is 4.98 Å². The van der Waals surface area contributed by atoms with Gasteiger partial charge in [-0.1, -0.05) is 25.4 Å². The third kappa shape index (κ3) is 3.64. The second kappa shape index (κ2) is 6.47. The molecule has 1 aromatic rings. The van der Waals surface area contributed by atoms with Gasteiger partial charge >= 0.3 is 11.9 Å². The van der Waals surface area contributed by atoms with Gasteiger partial charge in [0, 0.05) is 5.56 Å². The molecule has 1 aromatic heterocycles. The van der Waals surface area contributed by atoms with Gasteiger partial charge in [-0.25, -0.2) is 9.37 Å². The van der Waals surface area contributed by atoms with Gasteiger partial charge in [0.15, 0.2) is 5.82 Å². The Morgan fingerprint density at radius 1 is 1.37 bits per heavy atom. The topological polar surface area (TPSA) is 76.5 Å². The first kappa shape index (κ1) is 15.4. The molecule has 0 saturated heterocycles. The van der Waals surface area contributed by atoms with Gasteiger partial charge in [-0.05, 0) is 12.8 Å². The van der Waals surface area contributed by atoms with Crippen molar-refractivity contribution in [1.29, 1.82) is 0 Å². The lowest BCUT2D eigenvalue weighted by Gasteiger charge is -2.11. The summed E-state index contributed by atoms with van der Waals surface area (Å²) in [6, 6.07) is 0. The number of carbonyl (C=O) groups is 2. The zero-order valence-electron chi connectivity index (χ0n) is 10.5. The zero-order chi connectivity index (χ0) is 14.6. The summed E-state index contributed by atoms with van der Waals surface area (Å²) in [5, 5.41) is 8.65. The van der Waals surface area contributed by atoms with E-state index in [4.69, 9.17) is 16.7 Å². The molecule has 0 radical (unpaired) electrons. The minimum Gasteiger partial charge on any atom is -0.481 e. The molecule has 0 fully saturated rings. The molecule has 1 rings (SSSR count). The van der Waals surface area contributed by atoms with Crippen molar-refractivity contribution < 1.29 is 23.8 Å². The maximum Gasteiger partial charge on any atom is 0.323 e. The Labute approximate surface area is 114 Å². The van der Waals surface area contributed by atoms with Crippen molar-refractivity contribution in [3.8, 4) is 5.88 Å². The van der Waals surface area contributed by atoms with Crippen molar-refractivity contribution in [3.63, 3.8) is 0 Å². The minimum atomic E-state index is -1.36. The van der Waals surface area contributed by atoms with Crippen LogP contribution in [0.1, 0.15) is 31.5 Å². The molecule has 104 valence electrons. The highest BCUT2D eigenvalue weighted by atomic mass is 35.5. The van der Waals surface area contributed by atoms with Gasteiger partial charge in [0.1, 0.15) is 6.42 Å². The Hall–Kier alpha value is -1.69. The van der Waals surface area contributed by atoms with Gasteiger partial charge in [-0.2, -0.15) is 0 Å². The fourth-order valence-corrected chi connectivity index (χ4v) is 1.89. The molecular formula is C12H13ClFNO4. The van der Waals surface area contributed by atoms with Gasteiger partial charge in [0.2, 0.25) is 0 Å². The zero-order valence-corrected chi connectivity index (χ0v) is 11.3. The number of carbonyl (C=O) groups excluding carboxylic acids is 1. The maximum absolute atomic E-state index is 14.0. The summed E-state index contributed by atoms with van der Waals surface area (Å²) in [5.41, 5.74) is 0.602. The number of carboxylic acid groups (broad SMARTS) is 1. The van der Waals surface area contributed by atoms with Crippen LogP contribution in [0.3, 0.4) is 0 Å². The molecule has 0 aliphatic heterocycles. The molecule has 0 spiro atoms. The van der Waals surface area contributed by atoms with Crippen LogP contribution in [0.15, 0.2) is 0 Å². The number of hydrogen-bond donors (Lipinski definition) is 1. The molecule has 0 saturated carbocycles. The van der Waals surface area contributed by atoms with Crippen LogP contribution in [-0.2, 0) is 22.4 Å². The fraction of sp³-hybridized carbons (Fsp3) is 0.417. The lowest BCUT2D eigenvalue weighted by atomic mass is 10.1. The molecule has 7 heteroatoms. The fourth-order valence-electron chi connectivity index (χ4n) is 1.50. The van der Waals surface area contributed by atoms with Crippen molar-refractivity contribution in [2.24, 2.45) is 0 Å². The molecule has 0 unspecified atom stereocenters. The Bertz CT molecular complexity index is 519. The summed E-state index contributed by atoms with van der Waals surface area (Å²) < 4.78 is 18.6. The van der Waals surface area contributed by atoms with Gasteiger partial charge in [-0.3, -0.25) is 9.59 Å². The number of aliphatic carboxylic acids is 1. The molecule has 0 aliphatic rings. The molecule has 0 atom stereocenters. The summed E-state index contributed by atoms with van der Waals surface area (Å²) in [6.45, 7) is 3.47. The Balaban J connectivity index is 3.14. The van der Waals surface area contributed by atoms with Crippen molar-refractivity contribution in [3.05, 3.63) is 22.1 Å². The van der Waals surface area contributed by atoms with Crippen LogP contribution in [0.2, 0.25) is 5.02 Å². The number of hydrogen-bond acceptors (Lipinski definition) is 4. The Morgan fingerprint density at radius 3 is 2.47 bits per heavy atom. The summed E-state index contributed by atoms with van der Waals surface area (Å²) in [7, 11) is 0. The monoisotopic (exact) mass is 289 g/mol. The molecule has 19 heavy (non-hydrogen) atoms. The minimum absolute atomic E-state index is 0.201. The van der Waals surface area contributed by atoms with Crippen LogP contribution in [0, 0.1) is 5.82 Å². The molecule has 1 N–H and O–H groups in total. The van der Waals surface area contributed by atoms with Gasteiger partial charge < -0.3 is 9.84 Å². The highest BCUT2D eigenvalue weighted by Crippen LogP contribution is 2.29. The van der Waals surface area contributed by atoms with E-state index in [1.54, 1.807) is 13.8 Å². The molecule has 0 aliphatic carbocycles. The molecule has 0 bridgehead atoms. The quantitative estimate of drug-likeness (QED) is 0.665. The maximum atomic E-state index is 14.0. The van der Waals surface area contributed by atoms with Crippen LogP contribution in [0.5, 0.6) is 5.88 Å². The molecule has 1 heterocycles. The second-order valence-electron chi connectivity index (χ2n) is 3.72. The number of aryl methyl sites for hydroxylation is 1. The van der Waals surface area contributed by atoms with E-state index in [1.807, 2.05) is 0 Å². The first-order valence-corrected chi connectivity index (χ1v) is 6.07. The summed E-state index contributed by atoms with van der Waals surface area (Å²) in [4.78, 5) is 25.4. The lowest BCUT2D eigenvalue weighted by Crippen LogP contribution is -2.16. The predicted molar refractivity (Wildman–Crippen MR) is 65.8 cm³/mol. The predicted octanol–water partition coefficient (Wildman–Crippen LogP) is 2.38. The SMILES string of the molecule is CCc1nc(OC(=O)CC(=O)O)c(F)c(CC)c1Cl. The van der Waals surface area contributed by atoms with Crippen LogP contribution >= 0.6 is 11.6 Å². The highest BCUT2D eigenvalue weighted by Gasteiger charge is 2.21. The van der Waals surface area contributed by atoms with E-state index < -0.39 is 30.1 Å². The summed E-state index contributed by atoms with van der Waals surface area (Å²) in [6.07, 6.45) is -0.105. The average Bonchev–Trinajstić information content (AvgIpc) is 2.32. The van der Waals surface area contributed by atoms with Crippen LogP contribution in [0.4, 0.5) is 4.39 Å². The normalized spacial score (nSPS) is 10.3. The molecular weight excluding hydrogens is 277 g/mol. The third-order valence-corrected chi connectivity index (χ3v) is 2.85. The van der Waals surface area contributed by atoms with Crippen LogP contribution in [-0.4, -0.2) is 22.0 Å². The van der Waals surface area contributed by atoms with Crippen molar-refractivity contribution >= 4 is 23.5 Å². The van der Waals surface area contributed by atoms with E-state index in [9.17, 15) is 14.0 Å². The van der Waals surface area contributed by atoms with E-state index >= 15 is 0 Å². The molecule has 5 nitrogen and oxygen atoms in total. The first-order valence-electron chi connectivity index (χ1n) is 5.69. The van der Waals surface area contributed by atoms with E-state index in [0.29, 0.717) is 18.5 Å². The first-order chi connectivity index (χ1) is 8.90. The van der Waals surface area contributed by atoms with E-state index in [0.717, 1.165) is 0 Å². The van der Waals surface area contributed by atoms with Crippen LogP contribution in [0.25, 0.3) is 0 Å². The van der Waals surface area contributed by atoms with E-state index in [-0.39, 0.29) is 10.6 Å². The van der Waals surface area contributed by atoms with E-state index in [2.05, 4.69) is 9.72 Å². The summed E-state index contributed by atoms with van der Waals surface area (Å²) in [5.74, 6) is -3.79. The smallest absolute Gasteiger partial charge is 0.323 e. The van der Waals surface area contributed by atoms with Crippen molar-refractivity contribution in [2.75, 3.05) is 0 Å². The highest BCUT2D eigenvalue weighted by molar-refractivity contribution is 6.32. The second-order valence-corrected chi connectivity index (χ2v) is 4.10. The third-order valence-electron chi connectivity index (χ3n) is 2.40.